The minimum absolute atomic E-state index is 0.146. The number of aromatic carboxylic acids is 1. The molecule has 2 aromatic rings. The summed E-state index contributed by atoms with van der Waals surface area (Å²) in [5.41, 5.74) is 0.617. The molecule has 0 saturated heterocycles. The quantitative estimate of drug-likeness (QED) is 0.734. The summed E-state index contributed by atoms with van der Waals surface area (Å²) in [6.07, 6.45) is 0.724. The topological polar surface area (TPSA) is 83.3 Å². The summed E-state index contributed by atoms with van der Waals surface area (Å²) < 4.78 is 1.40. The first kappa shape index (κ1) is 8.74. The van der Waals surface area contributed by atoms with E-state index in [1.54, 1.807) is 6.92 Å². The van der Waals surface area contributed by atoms with E-state index in [-0.39, 0.29) is 5.69 Å². The maximum atomic E-state index is 10.9. The van der Waals surface area contributed by atoms with Crippen molar-refractivity contribution >= 4 is 11.7 Å². The molecule has 0 amide bonds. The fraction of sp³-hybridized carbons (Fsp3) is 0.375. The van der Waals surface area contributed by atoms with Crippen LogP contribution in [0.2, 0.25) is 0 Å². The zero-order valence-electron chi connectivity index (χ0n) is 7.90. The number of carboxylic acids is 1. The van der Waals surface area contributed by atoms with Gasteiger partial charge in [-0.15, -0.1) is 0 Å². The van der Waals surface area contributed by atoms with E-state index in [1.807, 2.05) is 6.92 Å². The predicted octanol–water partition coefficient (Wildman–Crippen LogP) is 0.626. The zero-order valence-corrected chi connectivity index (χ0v) is 7.90. The molecule has 6 nitrogen and oxygen atoms in total. The van der Waals surface area contributed by atoms with Gasteiger partial charge in [-0.2, -0.15) is 4.98 Å². The van der Waals surface area contributed by atoms with E-state index < -0.39 is 5.97 Å². The highest BCUT2D eigenvalue weighted by Gasteiger charge is 2.17. The number of H-pyrrole nitrogens is 1. The molecule has 0 aliphatic heterocycles. The van der Waals surface area contributed by atoms with Crippen molar-refractivity contribution in [3.05, 3.63) is 17.2 Å². The summed E-state index contributed by atoms with van der Waals surface area (Å²) in [7, 11) is 0. The van der Waals surface area contributed by atoms with Gasteiger partial charge in [-0.3, -0.25) is 5.10 Å². The third-order valence-electron chi connectivity index (χ3n) is 2.05. The molecule has 0 atom stereocenters. The molecule has 74 valence electrons. The number of aromatic amines is 1. The number of rotatable bonds is 2. The van der Waals surface area contributed by atoms with E-state index in [1.165, 1.54) is 4.52 Å². The van der Waals surface area contributed by atoms with Crippen LogP contribution in [-0.4, -0.2) is 30.7 Å². The first-order valence-corrected chi connectivity index (χ1v) is 4.30. The van der Waals surface area contributed by atoms with Crippen LogP contribution in [0, 0.1) is 6.92 Å². The number of nitrogens with zero attached hydrogens (tertiary/aromatic N) is 3. The highest BCUT2D eigenvalue weighted by molar-refractivity contribution is 5.87. The Morgan fingerprint density at radius 3 is 2.86 bits per heavy atom. The van der Waals surface area contributed by atoms with Crippen molar-refractivity contribution < 1.29 is 9.90 Å². The van der Waals surface area contributed by atoms with Crippen molar-refractivity contribution in [3.8, 4) is 0 Å². The Hall–Kier alpha value is -1.85. The van der Waals surface area contributed by atoms with Crippen LogP contribution in [0.4, 0.5) is 0 Å². The van der Waals surface area contributed by atoms with E-state index in [4.69, 9.17) is 5.11 Å². The lowest BCUT2D eigenvalue weighted by Gasteiger charge is -1.92. The fourth-order valence-electron chi connectivity index (χ4n) is 1.38. The molecule has 6 heteroatoms. The lowest BCUT2D eigenvalue weighted by Crippen LogP contribution is -2.04. The first-order chi connectivity index (χ1) is 6.63. The maximum absolute atomic E-state index is 10.9. The summed E-state index contributed by atoms with van der Waals surface area (Å²) in [6, 6.07) is 0. The molecule has 0 aliphatic carbocycles. The van der Waals surface area contributed by atoms with Crippen LogP contribution in [0.1, 0.15) is 28.9 Å². The summed E-state index contributed by atoms with van der Waals surface area (Å²) in [4.78, 5) is 19.1. The Kier molecular flexibility index (Phi) is 1.77. The second-order valence-electron chi connectivity index (χ2n) is 3.01. The van der Waals surface area contributed by atoms with Crippen molar-refractivity contribution in [2.24, 2.45) is 0 Å². The molecule has 0 bridgehead atoms. The fourth-order valence-corrected chi connectivity index (χ4v) is 1.38. The van der Waals surface area contributed by atoms with E-state index >= 15 is 0 Å². The molecule has 0 radical (unpaired) electrons. The number of aromatic nitrogens is 4. The third kappa shape index (κ3) is 1.07. The average Bonchev–Trinajstić information content (AvgIpc) is 2.58. The molecule has 0 fully saturated rings. The predicted molar refractivity (Wildman–Crippen MR) is 48.4 cm³/mol. The molecular formula is C8H10N4O2. The molecule has 0 spiro atoms. The van der Waals surface area contributed by atoms with Crippen LogP contribution < -0.4 is 0 Å². The Morgan fingerprint density at radius 1 is 1.57 bits per heavy atom. The van der Waals surface area contributed by atoms with Crippen LogP contribution in [0.3, 0.4) is 0 Å². The lowest BCUT2D eigenvalue weighted by molar-refractivity contribution is 0.0687. The van der Waals surface area contributed by atoms with Crippen molar-refractivity contribution in [1.29, 1.82) is 0 Å². The minimum atomic E-state index is -0.999. The maximum Gasteiger partial charge on any atom is 0.356 e. The number of carboxylic acid groups (broad SMARTS) is 1. The molecule has 0 aromatic carbocycles. The van der Waals surface area contributed by atoms with E-state index in [0.29, 0.717) is 11.5 Å². The second kappa shape index (κ2) is 2.83. The molecule has 0 unspecified atom stereocenters. The van der Waals surface area contributed by atoms with E-state index in [0.717, 1.165) is 12.2 Å². The number of hydrogen-bond acceptors (Lipinski definition) is 3. The Labute approximate surface area is 79.6 Å². The third-order valence-corrected chi connectivity index (χ3v) is 2.05. The highest BCUT2D eigenvalue weighted by atomic mass is 16.4. The lowest BCUT2D eigenvalue weighted by atomic mass is 10.3. The van der Waals surface area contributed by atoms with Gasteiger partial charge in [0.15, 0.2) is 5.69 Å². The molecule has 2 aromatic heterocycles. The van der Waals surface area contributed by atoms with Crippen LogP contribution >= 0.6 is 0 Å². The highest BCUT2D eigenvalue weighted by Crippen LogP contribution is 2.10. The van der Waals surface area contributed by atoms with Gasteiger partial charge >= 0.3 is 5.97 Å². The van der Waals surface area contributed by atoms with Gasteiger partial charge in [-0.1, -0.05) is 6.92 Å². The Morgan fingerprint density at radius 2 is 2.29 bits per heavy atom. The van der Waals surface area contributed by atoms with E-state index in [9.17, 15) is 4.79 Å². The summed E-state index contributed by atoms with van der Waals surface area (Å²) in [6.45, 7) is 3.59. The second-order valence-corrected chi connectivity index (χ2v) is 3.01. The average molecular weight is 194 g/mol. The standard InChI is InChI=1S/C8H10N4O2/c1-3-5-10-8-9-4(2)6(7(13)14)12(8)11-5/h3H2,1-2H3,(H,13,14)(H,9,10,11). The number of nitrogens with one attached hydrogen (secondary N) is 1. The van der Waals surface area contributed by atoms with Crippen LogP contribution in [0.5, 0.6) is 0 Å². The van der Waals surface area contributed by atoms with Crippen molar-refractivity contribution in [2.75, 3.05) is 0 Å². The van der Waals surface area contributed by atoms with Gasteiger partial charge in [0.2, 0.25) is 0 Å². The van der Waals surface area contributed by atoms with Crippen molar-refractivity contribution in [1.82, 2.24) is 19.6 Å². The number of aryl methyl sites for hydroxylation is 2. The van der Waals surface area contributed by atoms with Crippen LogP contribution in [-0.2, 0) is 6.42 Å². The number of carbonyl (C=O) groups is 1. The normalized spacial score (nSPS) is 11.0. The summed E-state index contributed by atoms with van der Waals surface area (Å²) >= 11 is 0. The number of fused-ring (bicyclic) bond motifs is 1. The van der Waals surface area contributed by atoms with Crippen LogP contribution in [0.15, 0.2) is 0 Å². The Bertz CT molecular complexity index is 497. The smallest absolute Gasteiger partial charge is 0.356 e. The van der Waals surface area contributed by atoms with Gasteiger partial charge in [-0.05, 0) is 6.92 Å². The van der Waals surface area contributed by atoms with Gasteiger partial charge in [0.1, 0.15) is 5.82 Å². The molecule has 0 saturated carbocycles. The molecule has 14 heavy (non-hydrogen) atoms. The van der Waals surface area contributed by atoms with Gasteiger partial charge in [0.25, 0.3) is 5.78 Å². The molecule has 0 aliphatic rings. The van der Waals surface area contributed by atoms with Gasteiger partial charge in [0.05, 0.1) is 5.69 Å². The SMILES string of the molecule is CCc1nc2nc(C)c(C(=O)O)n2[nH]1. The van der Waals surface area contributed by atoms with Crippen molar-refractivity contribution in [3.63, 3.8) is 0 Å². The molecule has 2 rings (SSSR count). The van der Waals surface area contributed by atoms with Crippen molar-refractivity contribution in [2.45, 2.75) is 20.3 Å². The minimum Gasteiger partial charge on any atom is -0.476 e. The van der Waals surface area contributed by atoms with E-state index in [2.05, 4.69) is 15.1 Å². The zero-order chi connectivity index (χ0) is 10.3. The van der Waals surface area contributed by atoms with Gasteiger partial charge in [-0.25, -0.2) is 14.3 Å². The summed E-state index contributed by atoms with van der Waals surface area (Å²) in [5.74, 6) is 0.146. The first-order valence-electron chi connectivity index (χ1n) is 4.30. The molecular weight excluding hydrogens is 184 g/mol. The largest absolute Gasteiger partial charge is 0.476 e. The Balaban J connectivity index is 2.72. The molecule has 2 heterocycles. The molecule has 2 N–H and O–H groups in total. The van der Waals surface area contributed by atoms with Gasteiger partial charge in [0, 0.05) is 6.42 Å². The summed E-state index contributed by atoms with van der Waals surface area (Å²) in [5, 5.41) is 11.8. The monoisotopic (exact) mass is 194 g/mol. The van der Waals surface area contributed by atoms with Crippen LogP contribution in [0.25, 0.3) is 5.78 Å². The van der Waals surface area contributed by atoms with Gasteiger partial charge < -0.3 is 5.11 Å². The number of hydrogen-bond donors (Lipinski definition) is 2. The number of imidazole rings is 1.